The van der Waals surface area contributed by atoms with Crippen molar-refractivity contribution in [3.05, 3.63) is 30.1 Å². The number of nitrogens with zero attached hydrogens (tertiary/aromatic N) is 3. The highest BCUT2D eigenvalue weighted by Crippen LogP contribution is 2.29. The molecule has 0 bridgehead atoms. The number of fused-ring (bicyclic) bond motifs is 1. The van der Waals surface area contributed by atoms with Gasteiger partial charge in [0.2, 0.25) is 5.91 Å². The van der Waals surface area contributed by atoms with Gasteiger partial charge in [-0.1, -0.05) is 30.0 Å². The Bertz CT molecular complexity index is 790. The maximum atomic E-state index is 12.3. The van der Waals surface area contributed by atoms with Crippen LogP contribution in [-0.4, -0.2) is 58.4 Å². The van der Waals surface area contributed by atoms with Crippen LogP contribution in [0.5, 0.6) is 0 Å². The van der Waals surface area contributed by atoms with Crippen molar-refractivity contribution in [1.82, 2.24) is 20.2 Å². The highest BCUT2D eigenvalue weighted by atomic mass is 32.2. The van der Waals surface area contributed by atoms with E-state index in [0.29, 0.717) is 12.6 Å². The summed E-state index contributed by atoms with van der Waals surface area (Å²) >= 11 is 1.52. The molecule has 138 valence electrons. The number of morpholine rings is 1. The highest BCUT2D eigenvalue weighted by molar-refractivity contribution is 8.00. The molecule has 1 aromatic heterocycles. The molecule has 2 aromatic rings. The summed E-state index contributed by atoms with van der Waals surface area (Å²) in [5.74, 6) is 0.901. The largest absolute Gasteiger partial charge is 0.379 e. The zero-order chi connectivity index (χ0) is 17.9. The average molecular weight is 372 g/mol. The van der Waals surface area contributed by atoms with Crippen molar-refractivity contribution in [2.24, 2.45) is 0 Å². The summed E-state index contributed by atoms with van der Waals surface area (Å²) in [6, 6.07) is 8.41. The molecule has 1 saturated heterocycles. The molecule has 2 heterocycles. The fraction of sp³-hybridized carbons (Fsp3) is 0.526. The van der Waals surface area contributed by atoms with Crippen molar-refractivity contribution in [2.75, 3.05) is 26.3 Å². The Labute approximate surface area is 157 Å². The number of carbonyl (C=O) groups excluding carboxylic acids is 1. The van der Waals surface area contributed by atoms with E-state index in [9.17, 15) is 4.79 Å². The third-order valence-electron chi connectivity index (χ3n) is 4.66. The summed E-state index contributed by atoms with van der Waals surface area (Å²) in [6.45, 7) is 5.98. The number of ether oxygens (including phenoxy) is 1. The molecular weight excluding hydrogens is 348 g/mol. The van der Waals surface area contributed by atoms with Crippen LogP contribution in [0.3, 0.4) is 0 Å². The smallest absolute Gasteiger partial charge is 0.233 e. The van der Waals surface area contributed by atoms with Crippen molar-refractivity contribution in [1.29, 1.82) is 0 Å². The zero-order valence-electron chi connectivity index (χ0n) is 15.0. The molecule has 0 radical (unpaired) electrons. The van der Waals surface area contributed by atoms with Crippen LogP contribution < -0.4 is 5.32 Å². The number of rotatable bonds is 6. The van der Waals surface area contributed by atoms with E-state index in [1.54, 1.807) is 0 Å². The monoisotopic (exact) mass is 372 g/mol. The van der Waals surface area contributed by atoms with Gasteiger partial charge in [0.1, 0.15) is 10.9 Å². The van der Waals surface area contributed by atoms with E-state index in [1.165, 1.54) is 11.8 Å². The minimum atomic E-state index is -0.176. The molecule has 1 aromatic carbocycles. The van der Waals surface area contributed by atoms with E-state index < -0.39 is 0 Å². The Kier molecular flexibility index (Phi) is 5.38. The summed E-state index contributed by atoms with van der Waals surface area (Å²) in [7, 11) is 0. The minimum Gasteiger partial charge on any atom is -0.379 e. The van der Waals surface area contributed by atoms with E-state index in [-0.39, 0.29) is 11.2 Å². The van der Waals surface area contributed by atoms with Crippen molar-refractivity contribution < 1.29 is 9.53 Å². The standard InChI is InChI=1S/C19H24N4O2S/c1-13(18(24)20-14-6-7-14)26-19-15-4-2-3-5-16(15)21-17(22-19)12-23-8-10-25-11-9-23/h2-5,13-14H,6-12H2,1H3,(H,20,24)/t13-/m0/s1. The second-order valence-corrected chi connectivity index (χ2v) is 8.22. The molecule has 1 aliphatic carbocycles. The van der Waals surface area contributed by atoms with Gasteiger partial charge in [0.15, 0.2) is 0 Å². The Morgan fingerprint density at radius 1 is 1.31 bits per heavy atom. The molecule has 4 rings (SSSR count). The van der Waals surface area contributed by atoms with Crippen molar-refractivity contribution in [3.8, 4) is 0 Å². The first-order chi connectivity index (χ1) is 12.7. The molecule has 1 aliphatic heterocycles. The zero-order valence-corrected chi connectivity index (χ0v) is 15.8. The number of nitrogens with one attached hydrogen (secondary N) is 1. The van der Waals surface area contributed by atoms with Gasteiger partial charge >= 0.3 is 0 Å². The fourth-order valence-electron chi connectivity index (χ4n) is 2.98. The molecule has 26 heavy (non-hydrogen) atoms. The molecule has 1 N–H and O–H groups in total. The van der Waals surface area contributed by atoms with Gasteiger partial charge in [-0.3, -0.25) is 9.69 Å². The number of benzene rings is 1. The molecule has 6 nitrogen and oxygen atoms in total. The van der Waals surface area contributed by atoms with Crippen LogP contribution in [0.2, 0.25) is 0 Å². The molecule has 0 unspecified atom stereocenters. The van der Waals surface area contributed by atoms with Gasteiger partial charge in [0, 0.05) is 24.5 Å². The van der Waals surface area contributed by atoms with Crippen LogP contribution in [0.15, 0.2) is 29.3 Å². The lowest BCUT2D eigenvalue weighted by molar-refractivity contribution is -0.120. The Morgan fingerprint density at radius 3 is 2.85 bits per heavy atom. The van der Waals surface area contributed by atoms with Crippen LogP contribution in [0.4, 0.5) is 0 Å². The third kappa shape index (κ3) is 4.34. The van der Waals surface area contributed by atoms with Crippen LogP contribution in [0, 0.1) is 0 Å². The SMILES string of the molecule is C[C@H](Sc1nc(CN2CCOCC2)nc2ccccc12)C(=O)NC1CC1. The third-order valence-corrected chi connectivity index (χ3v) is 5.77. The second-order valence-electron chi connectivity index (χ2n) is 6.89. The highest BCUT2D eigenvalue weighted by Gasteiger charge is 2.26. The van der Waals surface area contributed by atoms with Crippen molar-refractivity contribution >= 4 is 28.6 Å². The van der Waals surface area contributed by atoms with E-state index in [1.807, 2.05) is 31.2 Å². The van der Waals surface area contributed by atoms with Crippen molar-refractivity contribution in [3.63, 3.8) is 0 Å². The predicted molar refractivity (Wildman–Crippen MR) is 102 cm³/mol. The predicted octanol–water partition coefficient (Wildman–Crippen LogP) is 2.22. The van der Waals surface area contributed by atoms with Crippen LogP contribution >= 0.6 is 11.8 Å². The number of carbonyl (C=O) groups is 1. The quantitative estimate of drug-likeness (QED) is 0.620. The second kappa shape index (κ2) is 7.90. The average Bonchev–Trinajstić information content (AvgIpc) is 3.46. The maximum absolute atomic E-state index is 12.3. The first kappa shape index (κ1) is 17.7. The number of hydrogen-bond donors (Lipinski definition) is 1. The van der Waals surface area contributed by atoms with Crippen molar-refractivity contribution in [2.45, 2.75) is 42.6 Å². The number of aromatic nitrogens is 2. The summed E-state index contributed by atoms with van der Waals surface area (Å²) in [4.78, 5) is 24.2. The Hall–Kier alpha value is -1.70. The first-order valence-electron chi connectivity index (χ1n) is 9.22. The molecule has 1 saturated carbocycles. The van der Waals surface area contributed by atoms with Gasteiger partial charge in [-0.25, -0.2) is 9.97 Å². The van der Waals surface area contributed by atoms with Gasteiger partial charge in [0.05, 0.1) is 30.5 Å². The topological polar surface area (TPSA) is 67.3 Å². The summed E-state index contributed by atoms with van der Waals surface area (Å²) < 4.78 is 5.42. The van der Waals surface area contributed by atoms with Gasteiger partial charge in [-0.2, -0.15) is 0 Å². The van der Waals surface area contributed by atoms with Gasteiger partial charge in [-0.15, -0.1) is 0 Å². The molecule has 7 heteroatoms. The number of hydrogen-bond acceptors (Lipinski definition) is 6. The lowest BCUT2D eigenvalue weighted by atomic mass is 10.2. The van der Waals surface area contributed by atoms with Crippen LogP contribution in [0.25, 0.3) is 10.9 Å². The maximum Gasteiger partial charge on any atom is 0.233 e. The molecule has 1 atom stereocenters. The first-order valence-corrected chi connectivity index (χ1v) is 10.1. The Balaban J connectivity index is 1.55. The molecule has 2 aliphatic rings. The summed E-state index contributed by atoms with van der Waals surface area (Å²) in [5, 5.41) is 4.80. The van der Waals surface area contributed by atoms with E-state index in [4.69, 9.17) is 14.7 Å². The van der Waals surface area contributed by atoms with E-state index in [2.05, 4.69) is 10.2 Å². The number of amides is 1. The summed E-state index contributed by atoms with van der Waals surface area (Å²) in [5.41, 5.74) is 0.933. The van der Waals surface area contributed by atoms with Gasteiger partial charge in [-0.05, 0) is 25.8 Å². The van der Waals surface area contributed by atoms with Crippen LogP contribution in [0.1, 0.15) is 25.6 Å². The molecule has 2 fully saturated rings. The lowest BCUT2D eigenvalue weighted by Gasteiger charge is -2.26. The van der Waals surface area contributed by atoms with Gasteiger partial charge in [0.25, 0.3) is 0 Å². The van der Waals surface area contributed by atoms with E-state index in [0.717, 1.165) is 60.9 Å². The molecule has 0 spiro atoms. The number of para-hydroxylation sites is 1. The minimum absolute atomic E-state index is 0.0925. The normalized spacial score (nSPS) is 19.4. The Morgan fingerprint density at radius 2 is 2.08 bits per heavy atom. The van der Waals surface area contributed by atoms with E-state index >= 15 is 0 Å². The molecule has 1 amide bonds. The van der Waals surface area contributed by atoms with Gasteiger partial charge < -0.3 is 10.1 Å². The lowest BCUT2D eigenvalue weighted by Crippen LogP contribution is -2.36. The molecular formula is C19H24N4O2S. The fourth-order valence-corrected chi connectivity index (χ4v) is 3.95. The number of thioether (sulfide) groups is 1. The van der Waals surface area contributed by atoms with Crippen LogP contribution in [-0.2, 0) is 16.1 Å². The summed E-state index contributed by atoms with van der Waals surface area (Å²) in [6.07, 6.45) is 2.20.